The second kappa shape index (κ2) is 8.61. The molecule has 3 heterocycles. The molecule has 10 heteroatoms. The van der Waals surface area contributed by atoms with Gasteiger partial charge < -0.3 is 20.4 Å². The topological polar surface area (TPSA) is 99.2 Å². The summed E-state index contributed by atoms with van der Waals surface area (Å²) < 4.78 is 0. The van der Waals surface area contributed by atoms with Gasteiger partial charge in [0.1, 0.15) is 12.0 Å². The summed E-state index contributed by atoms with van der Waals surface area (Å²) in [7, 11) is 1.75. The fourth-order valence-electron chi connectivity index (χ4n) is 2.78. The Morgan fingerprint density at radius 1 is 1.15 bits per heavy atom. The SMILES string of the molecule is CNc1c(Cl)ncnc1NCCC(=O)N1CCN(c2ncccn2)CC1. The molecule has 138 valence electrons. The molecule has 0 aliphatic carbocycles. The van der Waals surface area contributed by atoms with Crippen molar-refractivity contribution in [2.45, 2.75) is 6.42 Å². The van der Waals surface area contributed by atoms with Crippen LogP contribution in [0, 0.1) is 0 Å². The average Bonchev–Trinajstić information content (AvgIpc) is 2.69. The van der Waals surface area contributed by atoms with Gasteiger partial charge in [-0.15, -0.1) is 0 Å². The number of hydrogen-bond acceptors (Lipinski definition) is 8. The zero-order valence-electron chi connectivity index (χ0n) is 14.5. The summed E-state index contributed by atoms with van der Waals surface area (Å²) in [6.07, 6.45) is 5.22. The third-order valence-electron chi connectivity index (χ3n) is 4.15. The highest BCUT2D eigenvalue weighted by Crippen LogP contribution is 2.25. The molecular formula is C16H21ClN8O. The van der Waals surface area contributed by atoms with Crippen LogP contribution in [0.25, 0.3) is 0 Å². The molecule has 1 amide bonds. The molecule has 0 radical (unpaired) electrons. The molecule has 0 bridgehead atoms. The second-order valence-electron chi connectivity index (χ2n) is 5.73. The number of halogens is 1. The number of anilines is 3. The van der Waals surface area contributed by atoms with E-state index < -0.39 is 0 Å². The van der Waals surface area contributed by atoms with Crippen molar-refractivity contribution in [1.29, 1.82) is 0 Å². The van der Waals surface area contributed by atoms with Crippen molar-refractivity contribution < 1.29 is 4.79 Å². The van der Waals surface area contributed by atoms with E-state index in [4.69, 9.17) is 11.6 Å². The minimum Gasteiger partial charge on any atom is -0.383 e. The maximum Gasteiger partial charge on any atom is 0.225 e. The van der Waals surface area contributed by atoms with Crippen LogP contribution < -0.4 is 15.5 Å². The van der Waals surface area contributed by atoms with E-state index >= 15 is 0 Å². The van der Waals surface area contributed by atoms with Crippen molar-refractivity contribution in [2.75, 3.05) is 55.3 Å². The van der Waals surface area contributed by atoms with E-state index in [-0.39, 0.29) is 5.91 Å². The molecule has 9 nitrogen and oxygen atoms in total. The van der Waals surface area contributed by atoms with Gasteiger partial charge in [-0.2, -0.15) is 0 Å². The third kappa shape index (κ3) is 4.29. The smallest absolute Gasteiger partial charge is 0.225 e. The molecule has 26 heavy (non-hydrogen) atoms. The van der Waals surface area contributed by atoms with Crippen LogP contribution in [0.4, 0.5) is 17.5 Å². The number of hydrogen-bond donors (Lipinski definition) is 2. The molecule has 0 unspecified atom stereocenters. The lowest BCUT2D eigenvalue weighted by Crippen LogP contribution is -2.49. The Hall–Kier alpha value is -2.68. The number of rotatable bonds is 6. The molecule has 0 saturated carbocycles. The minimum atomic E-state index is 0.109. The highest BCUT2D eigenvalue weighted by Gasteiger charge is 2.22. The van der Waals surface area contributed by atoms with Gasteiger partial charge in [0.05, 0.1) is 0 Å². The lowest BCUT2D eigenvalue weighted by atomic mass is 10.3. The van der Waals surface area contributed by atoms with E-state index in [1.54, 1.807) is 25.5 Å². The molecule has 3 rings (SSSR count). The van der Waals surface area contributed by atoms with Gasteiger partial charge in [-0.1, -0.05) is 11.6 Å². The van der Waals surface area contributed by atoms with Gasteiger partial charge in [0.25, 0.3) is 0 Å². The fourth-order valence-corrected chi connectivity index (χ4v) is 3.00. The first-order valence-electron chi connectivity index (χ1n) is 8.41. The van der Waals surface area contributed by atoms with E-state index in [1.165, 1.54) is 6.33 Å². The Bertz CT molecular complexity index is 736. The second-order valence-corrected chi connectivity index (χ2v) is 6.09. The fraction of sp³-hybridized carbons (Fsp3) is 0.438. The van der Waals surface area contributed by atoms with E-state index in [2.05, 4.69) is 35.5 Å². The molecule has 2 aromatic rings. The van der Waals surface area contributed by atoms with Crippen LogP contribution >= 0.6 is 11.6 Å². The van der Waals surface area contributed by atoms with Crippen LogP contribution in [0.3, 0.4) is 0 Å². The maximum atomic E-state index is 12.4. The molecule has 1 saturated heterocycles. The number of carbonyl (C=O) groups is 1. The number of nitrogens with one attached hydrogen (secondary N) is 2. The molecule has 0 atom stereocenters. The molecule has 0 spiro atoms. The van der Waals surface area contributed by atoms with Crippen LogP contribution in [-0.2, 0) is 4.79 Å². The first-order chi connectivity index (χ1) is 12.7. The van der Waals surface area contributed by atoms with Crippen molar-refractivity contribution in [2.24, 2.45) is 0 Å². The molecular weight excluding hydrogens is 356 g/mol. The maximum absolute atomic E-state index is 12.4. The summed E-state index contributed by atoms with van der Waals surface area (Å²) in [6.45, 7) is 3.27. The molecule has 2 N–H and O–H groups in total. The minimum absolute atomic E-state index is 0.109. The first kappa shape index (κ1) is 18.1. The number of piperazine rings is 1. The van der Waals surface area contributed by atoms with Crippen LogP contribution in [-0.4, -0.2) is 70.5 Å². The van der Waals surface area contributed by atoms with E-state index in [1.807, 2.05) is 4.90 Å². The summed E-state index contributed by atoms with van der Waals surface area (Å²) in [6, 6.07) is 1.79. The van der Waals surface area contributed by atoms with Crippen molar-refractivity contribution in [1.82, 2.24) is 24.8 Å². The largest absolute Gasteiger partial charge is 0.383 e. The predicted octanol–water partition coefficient (Wildman–Crippen LogP) is 1.11. The van der Waals surface area contributed by atoms with Crippen LogP contribution in [0.1, 0.15) is 6.42 Å². The van der Waals surface area contributed by atoms with Crippen molar-refractivity contribution >= 4 is 35.0 Å². The zero-order valence-corrected chi connectivity index (χ0v) is 15.3. The summed E-state index contributed by atoms with van der Waals surface area (Å²) in [5, 5.41) is 6.43. The number of aromatic nitrogens is 4. The molecule has 1 fully saturated rings. The lowest BCUT2D eigenvalue weighted by Gasteiger charge is -2.34. The van der Waals surface area contributed by atoms with Gasteiger partial charge in [0.15, 0.2) is 11.0 Å². The Labute approximate surface area is 156 Å². The van der Waals surface area contributed by atoms with Gasteiger partial charge in [0, 0.05) is 58.6 Å². The third-order valence-corrected chi connectivity index (χ3v) is 4.44. The molecule has 1 aliphatic heterocycles. The summed E-state index contributed by atoms with van der Waals surface area (Å²) >= 11 is 6.01. The van der Waals surface area contributed by atoms with Gasteiger partial charge in [-0.05, 0) is 6.07 Å². The van der Waals surface area contributed by atoms with Crippen molar-refractivity contribution in [3.8, 4) is 0 Å². The normalized spacial score (nSPS) is 14.2. The van der Waals surface area contributed by atoms with Crippen molar-refractivity contribution in [3.63, 3.8) is 0 Å². The number of amides is 1. The predicted molar refractivity (Wildman–Crippen MR) is 101 cm³/mol. The zero-order chi connectivity index (χ0) is 18.4. The molecule has 1 aliphatic rings. The Morgan fingerprint density at radius 3 is 2.58 bits per heavy atom. The number of nitrogens with zero attached hydrogens (tertiary/aromatic N) is 6. The van der Waals surface area contributed by atoms with Gasteiger partial charge in [-0.3, -0.25) is 4.79 Å². The highest BCUT2D eigenvalue weighted by atomic mass is 35.5. The Kier molecular flexibility index (Phi) is 6.00. The summed E-state index contributed by atoms with van der Waals surface area (Å²) in [5.74, 6) is 1.41. The van der Waals surface area contributed by atoms with Gasteiger partial charge in [0.2, 0.25) is 11.9 Å². The molecule has 2 aromatic heterocycles. The van der Waals surface area contributed by atoms with E-state index in [0.717, 1.165) is 13.1 Å². The van der Waals surface area contributed by atoms with E-state index in [9.17, 15) is 4.79 Å². The number of carbonyl (C=O) groups excluding carboxylic acids is 1. The standard InChI is InChI=1S/C16H21ClN8O/c1-18-13-14(17)22-11-23-15(13)19-6-3-12(26)24-7-9-25(10-8-24)16-20-4-2-5-21-16/h2,4-5,11,18H,3,6-10H2,1H3,(H,19,22,23). The summed E-state index contributed by atoms with van der Waals surface area (Å²) in [5.41, 5.74) is 0.623. The lowest BCUT2D eigenvalue weighted by molar-refractivity contribution is -0.131. The Morgan fingerprint density at radius 2 is 1.88 bits per heavy atom. The van der Waals surface area contributed by atoms with Crippen LogP contribution in [0.15, 0.2) is 24.8 Å². The van der Waals surface area contributed by atoms with Crippen LogP contribution in [0.5, 0.6) is 0 Å². The summed E-state index contributed by atoms with van der Waals surface area (Å²) in [4.78, 5) is 32.9. The van der Waals surface area contributed by atoms with Gasteiger partial charge >= 0.3 is 0 Å². The molecule has 0 aromatic carbocycles. The quantitative estimate of drug-likeness (QED) is 0.723. The van der Waals surface area contributed by atoms with E-state index in [0.29, 0.717) is 48.7 Å². The monoisotopic (exact) mass is 376 g/mol. The Balaban J connectivity index is 1.46. The van der Waals surface area contributed by atoms with Crippen LogP contribution in [0.2, 0.25) is 5.15 Å². The van der Waals surface area contributed by atoms with Crippen molar-refractivity contribution in [3.05, 3.63) is 29.9 Å². The highest BCUT2D eigenvalue weighted by molar-refractivity contribution is 6.32. The average molecular weight is 377 g/mol. The van der Waals surface area contributed by atoms with Gasteiger partial charge in [-0.25, -0.2) is 19.9 Å². The first-order valence-corrected chi connectivity index (χ1v) is 8.78.